The fourth-order valence-corrected chi connectivity index (χ4v) is 2.34. The standard InChI is InChI=1S/C12H18BrN3O2/c1-2-6-18-11-3-4-14-12(15-11)16-5-7-17-9-10(16)8-13/h3-4,10H,2,5-9H2,1H3. The number of halogens is 1. The highest BCUT2D eigenvalue weighted by molar-refractivity contribution is 9.09. The van der Waals surface area contributed by atoms with Crippen molar-refractivity contribution in [1.29, 1.82) is 0 Å². The van der Waals surface area contributed by atoms with E-state index in [2.05, 4.69) is 37.7 Å². The number of ether oxygens (including phenoxy) is 2. The third-order valence-corrected chi connectivity index (χ3v) is 3.48. The highest BCUT2D eigenvalue weighted by Gasteiger charge is 2.24. The number of hydrogen-bond donors (Lipinski definition) is 0. The Hall–Kier alpha value is -0.880. The number of aromatic nitrogens is 2. The molecule has 1 fully saturated rings. The number of rotatable bonds is 5. The summed E-state index contributed by atoms with van der Waals surface area (Å²) in [4.78, 5) is 10.9. The van der Waals surface area contributed by atoms with Gasteiger partial charge in [0.15, 0.2) is 0 Å². The van der Waals surface area contributed by atoms with Crippen LogP contribution in [-0.4, -0.2) is 47.7 Å². The third kappa shape index (κ3) is 3.32. The molecule has 2 heterocycles. The Kier molecular flexibility index (Phi) is 5.19. The van der Waals surface area contributed by atoms with Gasteiger partial charge < -0.3 is 14.4 Å². The van der Waals surface area contributed by atoms with E-state index >= 15 is 0 Å². The number of hydrogen-bond acceptors (Lipinski definition) is 5. The predicted molar refractivity (Wildman–Crippen MR) is 73.6 cm³/mol. The Bertz CT molecular complexity index is 378. The average Bonchev–Trinajstić information content (AvgIpc) is 2.45. The van der Waals surface area contributed by atoms with Gasteiger partial charge in [-0.2, -0.15) is 4.98 Å². The van der Waals surface area contributed by atoms with Gasteiger partial charge in [0.25, 0.3) is 0 Å². The minimum Gasteiger partial charge on any atom is -0.478 e. The van der Waals surface area contributed by atoms with Gasteiger partial charge >= 0.3 is 0 Å². The van der Waals surface area contributed by atoms with Gasteiger partial charge in [-0.15, -0.1) is 0 Å². The van der Waals surface area contributed by atoms with Gasteiger partial charge in [0.05, 0.1) is 25.9 Å². The molecule has 0 spiro atoms. The van der Waals surface area contributed by atoms with Crippen molar-refractivity contribution in [2.24, 2.45) is 0 Å². The highest BCUT2D eigenvalue weighted by atomic mass is 79.9. The van der Waals surface area contributed by atoms with Gasteiger partial charge in [0.2, 0.25) is 11.8 Å². The first kappa shape index (κ1) is 13.5. The molecule has 0 aliphatic carbocycles. The van der Waals surface area contributed by atoms with Gasteiger partial charge in [-0.3, -0.25) is 0 Å². The Morgan fingerprint density at radius 3 is 3.28 bits per heavy atom. The second-order valence-corrected chi connectivity index (χ2v) is 4.77. The number of morpholine rings is 1. The summed E-state index contributed by atoms with van der Waals surface area (Å²) in [6.45, 7) is 4.99. The molecule has 1 aliphatic heterocycles. The number of nitrogens with zero attached hydrogens (tertiary/aromatic N) is 3. The summed E-state index contributed by atoms with van der Waals surface area (Å²) in [5.74, 6) is 1.36. The van der Waals surface area contributed by atoms with E-state index in [1.807, 2.05) is 0 Å². The molecule has 0 N–H and O–H groups in total. The monoisotopic (exact) mass is 315 g/mol. The van der Waals surface area contributed by atoms with Crippen molar-refractivity contribution in [1.82, 2.24) is 9.97 Å². The zero-order chi connectivity index (χ0) is 12.8. The minimum atomic E-state index is 0.278. The third-order valence-electron chi connectivity index (χ3n) is 2.73. The summed E-state index contributed by atoms with van der Waals surface area (Å²) in [6, 6.07) is 2.07. The molecule has 18 heavy (non-hydrogen) atoms. The zero-order valence-electron chi connectivity index (χ0n) is 10.5. The minimum absolute atomic E-state index is 0.278. The summed E-state index contributed by atoms with van der Waals surface area (Å²) >= 11 is 3.50. The van der Waals surface area contributed by atoms with Crippen molar-refractivity contribution in [3.63, 3.8) is 0 Å². The van der Waals surface area contributed by atoms with Crippen LogP contribution in [0, 0.1) is 0 Å². The topological polar surface area (TPSA) is 47.5 Å². The Morgan fingerprint density at radius 1 is 1.61 bits per heavy atom. The van der Waals surface area contributed by atoms with Crippen LogP contribution in [0.3, 0.4) is 0 Å². The van der Waals surface area contributed by atoms with E-state index in [0.29, 0.717) is 25.7 Å². The van der Waals surface area contributed by atoms with Crippen molar-refractivity contribution < 1.29 is 9.47 Å². The van der Waals surface area contributed by atoms with Crippen LogP contribution in [0.1, 0.15) is 13.3 Å². The molecule has 1 aromatic rings. The average molecular weight is 316 g/mol. The first-order valence-electron chi connectivity index (χ1n) is 6.21. The van der Waals surface area contributed by atoms with E-state index in [9.17, 15) is 0 Å². The predicted octanol–water partition coefficient (Wildman–Crippen LogP) is 1.87. The summed E-state index contributed by atoms with van der Waals surface area (Å²) in [7, 11) is 0. The lowest BCUT2D eigenvalue weighted by molar-refractivity contribution is 0.0994. The van der Waals surface area contributed by atoms with Crippen LogP contribution in [0.5, 0.6) is 5.88 Å². The van der Waals surface area contributed by atoms with Crippen LogP contribution in [0.15, 0.2) is 12.3 Å². The second kappa shape index (κ2) is 6.89. The smallest absolute Gasteiger partial charge is 0.229 e. The van der Waals surface area contributed by atoms with Crippen LogP contribution in [0.2, 0.25) is 0 Å². The van der Waals surface area contributed by atoms with E-state index in [4.69, 9.17) is 9.47 Å². The molecule has 1 saturated heterocycles. The van der Waals surface area contributed by atoms with Crippen molar-refractivity contribution in [2.75, 3.05) is 36.6 Å². The van der Waals surface area contributed by atoms with Crippen LogP contribution < -0.4 is 9.64 Å². The molecule has 0 bridgehead atoms. The summed E-state index contributed by atoms with van der Waals surface area (Å²) in [5, 5.41) is 0.844. The zero-order valence-corrected chi connectivity index (χ0v) is 12.1. The first-order chi connectivity index (χ1) is 8.85. The molecule has 0 aromatic carbocycles. The molecule has 2 rings (SSSR count). The molecule has 5 nitrogen and oxygen atoms in total. The summed E-state index contributed by atoms with van der Waals surface area (Å²) in [6.07, 6.45) is 2.72. The lowest BCUT2D eigenvalue weighted by Crippen LogP contribution is -2.47. The Morgan fingerprint density at radius 2 is 2.50 bits per heavy atom. The quantitative estimate of drug-likeness (QED) is 0.776. The molecule has 0 saturated carbocycles. The highest BCUT2D eigenvalue weighted by Crippen LogP contribution is 2.18. The molecule has 0 amide bonds. The van der Waals surface area contributed by atoms with E-state index in [-0.39, 0.29) is 6.04 Å². The van der Waals surface area contributed by atoms with Gasteiger partial charge in [-0.25, -0.2) is 4.98 Å². The molecule has 1 aromatic heterocycles. The van der Waals surface area contributed by atoms with Gasteiger partial charge in [0, 0.05) is 24.1 Å². The molecular weight excluding hydrogens is 298 g/mol. The van der Waals surface area contributed by atoms with Crippen LogP contribution in [-0.2, 0) is 4.74 Å². The lowest BCUT2D eigenvalue weighted by atomic mass is 10.3. The van der Waals surface area contributed by atoms with Gasteiger partial charge in [-0.05, 0) is 6.42 Å². The maximum atomic E-state index is 5.53. The van der Waals surface area contributed by atoms with E-state index in [0.717, 1.165) is 24.2 Å². The summed E-state index contributed by atoms with van der Waals surface area (Å²) < 4.78 is 11.0. The van der Waals surface area contributed by atoms with E-state index < -0.39 is 0 Å². The van der Waals surface area contributed by atoms with Crippen LogP contribution in [0.25, 0.3) is 0 Å². The molecule has 1 atom stereocenters. The number of alkyl halides is 1. The fourth-order valence-electron chi connectivity index (χ4n) is 1.80. The molecule has 100 valence electrons. The van der Waals surface area contributed by atoms with Crippen molar-refractivity contribution in [3.05, 3.63) is 12.3 Å². The maximum absolute atomic E-state index is 5.53. The van der Waals surface area contributed by atoms with Crippen LogP contribution >= 0.6 is 15.9 Å². The molecule has 1 unspecified atom stereocenters. The van der Waals surface area contributed by atoms with Gasteiger partial charge in [-0.1, -0.05) is 22.9 Å². The molecular formula is C12H18BrN3O2. The Labute approximate surface area is 116 Å². The van der Waals surface area contributed by atoms with Gasteiger partial charge in [0.1, 0.15) is 0 Å². The number of anilines is 1. The first-order valence-corrected chi connectivity index (χ1v) is 7.33. The molecule has 6 heteroatoms. The Balaban J connectivity index is 2.10. The molecule has 0 radical (unpaired) electrons. The molecule has 1 aliphatic rings. The fraction of sp³-hybridized carbons (Fsp3) is 0.667. The lowest BCUT2D eigenvalue weighted by Gasteiger charge is -2.34. The second-order valence-electron chi connectivity index (χ2n) is 4.12. The van der Waals surface area contributed by atoms with Crippen molar-refractivity contribution in [2.45, 2.75) is 19.4 Å². The largest absolute Gasteiger partial charge is 0.478 e. The van der Waals surface area contributed by atoms with E-state index in [1.54, 1.807) is 12.3 Å². The SMILES string of the molecule is CCCOc1ccnc(N2CCOCC2CBr)n1. The van der Waals surface area contributed by atoms with Crippen LogP contribution in [0.4, 0.5) is 5.95 Å². The maximum Gasteiger partial charge on any atom is 0.229 e. The normalized spacial score (nSPS) is 19.9. The van der Waals surface area contributed by atoms with E-state index in [1.165, 1.54) is 0 Å². The summed E-state index contributed by atoms with van der Waals surface area (Å²) in [5.41, 5.74) is 0. The van der Waals surface area contributed by atoms with Crippen molar-refractivity contribution >= 4 is 21.9 Å². The van der Waals surface area contributed by atoms with Crippen molar-refractivity contribution in [3.8, 4) is 5.88 Å².